The van der Waals surface area contributed by atoms with Crippen LogP contribution in [0, 0.1) is 6.92 Å². The highest BCUT2D eigenvalue weighted by atomic mass is 35.5. The number of phenolic OH excluding ortho intramolecular Hbond substituents is 1. The number of aromatic nitrogens is 1. The SMILES string of the molecule is Cc1cnc(CC(=O)Nc2ccccc2)cc1CCNCC(O)c1ccc(O)cc1.Cl. The van der Waals surface area contributed by atoms with Gasteiger partial charge in [0.2, 0.25) is 5.91 Å². The second-order valence-electron chi connectivity index (χ2n) is 7.25. The number of nitrogens with zero attached hydrogens (tertiary/aromatic N) is 1. The van der Waals surface area contributed by atoms with E-state index in [9.17, 15) is 15.0 Å². The lowest BCUT2D eigenvalue weighted by Gasteiger charge is -2.13. The molecule has 3 rings (SSSR count). The van der Waals surface area contributed by atoms with E-state index in [2.05, 4.69) is 15.6 Å². The molecule has 0 fully saturated rings. The lowest BCUT2D eigenvalue weighted by molar-refractivity contribution is -0.115. The van der Waals surface area contributed by atoms with Gasteiger partial charge in [-0.2, -0.15) is 0 Å². The average Bonchev–Trinajstić information content (AvgIpc) is 2.74. The third-order valence-electron chi connectivity index (χ3n) is 4.86. The molecule has 6 nitrogen and oxygen atoms in total. The molecule has 0 spiro atoms. The number of hydrogen-bond donors (Lipinski definition) is 4. The van der Waals surface area contributed by atoms with Gasteiger partial charge in [0, 0.05) is 24.1 Å². The largest absolute Gasteiger partial charge is 0.508 e. The summed E-state index contributed by atoms with van der Waals surface area (Å²) in [5.74, 6) is 0.0824. The molecule has 0 bridgehead atoms. The number of carbonyl (C=O) groups is 1. The molecule has 0 radical (unpaired) electrons. The van der Waals surface area contributed by atoms with Crippen LogP contribution >= 0.6 is 12.4 Å². The number of anilines is 1. The van der Waals surface area contributed by atoms with Crippen molar-refractivity contribution in [2.24, 2.45) is 0 Å². The number of aromatic hydroxyl groups is 1. The number of pyridine rings is 1. The minimum Gasteiger partial charge on any atom is -0.508 e. The van der Waals surface area contributed by atoms with Gasteiger partial charge in [0.15, 0.2) is 0 Å². The number of amides is 1. The first-order valence-electron chi connectivity index (χ1n) is 9.98. The van der Waals surface area contributed by atoms with Crippen molar-refractivity contribution >= 4 is 24.0 Å². The zero-order valence-corrected chi connectivity index (χ0v) is 18.2. The Bertz CT molecular complexity index is 966. The molecule has 0 saturated carbocycles. The monoisotopic (exact) mass is 441 g/mol. The number of hydrogen-bond acceptors (Lipinski definition) is 5. The third-order valence-corrected chi connectivity index (χ3v) is 4.86. The molecule has 1 heterocycles. The lowest BCUT2D eigenvalue weighted by atomic mass is 10.1. The Morgan fingerprint density at radius 1 is 1.10 bits per heavy atom. The Kier molecular flexibility index (Phi) is 9.46. The smallest absolute Gasteiger partial charge is 0.230 e. The number of benzene rings is 2. The van der Waals surface area contributed by atoms with Crippen LogP contribution in [0.2, 0.25) is 0 Å². The van der Waals surface area contributed by atoms with Gasteiger partial charge in [-0.25, -0.2) is 0 Å². The fourth-order valence-electron chi connectivity index (χ4n) is 3.15. The van der Waals surface area contributed by atoms with E-state index in [-0.39, 0.29) is 30.5 Å². The van der Waals surface area contributed by atoms with Gasteiger partial charge >= 0.3 is 0 Å². The van der Waals surface area contributed by atoms with Crippen LogP contribution in [0.3, 0.4) is 0 Å². The Balaban J connectivity index is 0.00000341. The number of carbonyl (C=O) groups excluding carboxylic acids is 1. The minimum atomic E-state index is -0.638. The molecule has 3 aromatic rings. The third kappa shape index (κ3) is 7.68. The number of para-hydroxylation sites is 1. The first-order chi connectivity index (χ1) is 14.5. The highest BCUT2D eigenvalue weighted by molar-refractivity contribution is 5.91. The second kappa shape index (κ2) is 12.1. The van der Waals surface area contributed by atoms with Crippen molar-refractivity contribution < 1.29 is 15.0 Å². The number of halogens is 1. The van der Waals surface area contributed by atoms with Crippen LogP contribution in [-0.2, 0) is 17.6 Å². The molecule has 1 aromatic heterocycles. The summed E-state index contributed by atoms with van der Waals surface area (Å²) >= 11 is 0. The van der Waals surface area contributed by atoms with E-state index < -0.39 is 6.10 Å². The average molecular weight is 442 g/mol. The number of aryl methyl sites for hydroxylation is 1. The van der Waals surface area contributed by atoms with Gasteiger partial charge in [0.25, 0.3) is 0 Å². The summed E-state index contributed by atoms with van der Waals surface area (Å²) in [6.07, 6.45) is 2.15. The summed E-state index contributed by atoms with van der Waals surface area (Å²) in [6.45, 7) is 3.11. The van der Waals surface area contributed by atoms with Crippen LogP contribution < -0.4 is 10.6 Å². The Labute approximate surface area is 188 Å². The van der Waals surface area contributed by atoms with Crippen LogP contribution in [0.4, 0.5) is 5.69 Å². The predicted octanol–water partition coefficient (Wildman–Crippen LogP) is 3.56. The number of nitrogens with one attached hydrogen (secondary N) is 2. The van der Waals surface area contributed by atoms with Crippen LogP contribution in [0.15, 0.2) is 66.9 Å². The number of aliphatic hydroxyl groups excluding tert-OH is 1. The van der Waals surface area contributed by atoms with Crippen LogP contribution in [-0.4, -0.2) is 34.2 Å². The van der Waals surface area contributed by atoms with E-state index in [1.54, 1.807) is 30.5 Å². The fraction of sp³-hybridized carbons (Fsp3) is 0.250. The number of rotatable bonds is 9. The fourth-order valence-corrected chi connectivity index (χ4v) is 3.15. The van der Waals surface area contributed by atoms with Crippen molar-refractivity contribution in [2.45, 2.75) is 25.9 Å². The van der Waals surface area contributed by atoms with Gasteiger partial charge in [-0.1, -0.05) is 30.3 Å². The number of phenols is 1. The highest BCUT2D eigenvalue weighted by Crippen LogP contribution is 2.16. The standard InChI is InChI=1S/C24H27N3O3.ClH/c1-17-15-26-21(14-24(30)27-20-5-3-2-4-6-20)13-19(17)11-12-25-16-23(29)18-7-9-22(28)10-8-18;/h2-10,13,15,23,25,28-29H,11-12,14,16H2,1H3,(H,27,30);1H. The minimum absolute atomic E-state index is 0. The van der Waals surface area contributed by atoms with Gasteiger partial charge < -0.3 is 20.8 Å². The molecule has 1 atom stereocenters. The van der Waals surface area contributed by atoms with E-state index in [1.807, 2.05) is 43.3 Å². The molecule has 7 heteroatoms. The number of aliphatic hydroxyl groups is 1. The van der Waals surface area contributed by atoms with Gasteiger partial charge in [-0.15, -0.1) is 12.4 Å². The topological polar surface area (TPSA) is 94.5 Å². The molecule has 0 saturated heterocycles. The molecule has 31 heavy (non-hydrogen) atoms. The predicted molar refractivity (Wildman–Crippen MR) is 125 cm³/mol. The summed E-state index contributed by atoms with van der Waals surface area (Å²) < 4.78 is 0. The molecule has 4 N–H and O–H groups in total. The molecule has 2 aromatic carbocycles. The van der Waals surface area contributed by atoms with Crippen molar-refractivity contribution in [1.29, 1.82) is 0 Å². The van der Waals surface area contributed by atoms with Crippen molar-refractivity contribution in [3.05, 3.63) is 89.2 Å². The van der Waals surface area contributed by atoms with Crippen molar-refractivity contribution in [2.75, 3.05) is 18.4 Å². The van der Waals surface area contributed by atoms with Gasteiger partial charge in [-0.05, 0) is 66.9 Å². The van der Waals surface area contributed by atoms with Gasteiger partial charge in [0.1, 0.15) is 5.75 Å². The normalized spacial score (nSPS) is 11.4. The molecule has 0 aliphatic rings. The summed E-state index contributed by atoms with van der Waals surface area (Å²) in [5.41, 5.74) is 4.45. The first kappa shape index (κ1) is 24.3. The zero-order valence-electron chi connectivity index (χ0n) is 17.4. The van der Waals surface area contributed by atoms with Crippen LogP contribution in [0.25, 0.3) is 0 Å². The molecular weight excluding hydrogens is 414 g/mol. The van der Waals surface area contributed by atoms with Crippen molar-refractivity contribution in [1.82, 2.24) is 10.3 Å². The lowest BCUT2D eigenvalue weighted by Crippen LogP contribution is -2.24. The maximum absolute atomic E-state index is 12.3. The molecule has 0 aliphatic carbocycles. The molecule has 164 valence electrons. The van der Waals surface area contributed by atoms with Crippen molar-refractivity contribution in [3.63, 3.8) is 0 Å². The summed E-state index contributed by atoms with van der Waals surface area (Å²) in [5, 5.41) is 25.7. The Morgan fingerprint density at radius 3 is 2.52 bits per heavy atom. The van der Waals surface area contributed by atoms with E-state index in [1.165, 1.54) is 0 Å². The highest BCUT2D eigenvalue weighted by Gasteiger charge is 2.09. The zero-order chi connectivity index (χ0) is 21.3. The maximum Gasteiger partial charge on any atom is 0.230 e. The van der Waals surface area contributed by atoms with E-state index in [0.29, 0.717) is 13.1 Å². The van der Waals surface area contributed by atoms with E-state index in [4.69, 9.17) is 0 Å². The molecule has 1 unspecified atom stereocenters. The van der Waals surface area contributed by atoms with Crippen molar-refractivity contribution in [3.8, 4) is 5.75 Å². The van der Waals surface area contributed by atoms with E-state index >= 15 is 0 Å². The summed E-state index contributed by atoms with van der Waals surface area (Å²) in [6, 6.07) is 17.9. The Morgan fingerprint density at radius 2 is 1.81 bits per heavy atom. The van der Waals surface area contributed by atoms with Crippen LogP contribution in [0.1, 0.15) is 28.5 Å². The Hall–Kier alpha value is -2.93. The second-order valence-corrected chi connectivity index (χ2v) is 7.25. The quantitative estimate of drug-likeness (QED) is 0.381. The maximum atomic E-state index is 12.3. The summed E-state index contributed by atoms with van der Waals surface area (Å²) in [4.78, 5) is 16.6. The van der Waals surface area contributed by atoms with Gasteiger partial charge in [-0.3, -0.25) is 9.78 Å². The van der Waals surface area contributed by atoms with Crippen LogP contribution in [0.5, 0.6) is 5.75 Å². The molecular formula is C24H28ClN3O3. The summed E-state index contributed by atoms with van der Waals surface area (Å²) in [7, 11) is 0. The van der Waals surface area contributed by atoms with Gasteiger partial charge in [0.05, 0.1) is 12.5 Å². The molecule has 1 amide bonds. The first-order valence-corrected chi connectivity index (χ1v) is 9.98. The molecule has 0 aliphatic heterocycles. The van der Waals surface area contributed by atoms with E-state index in [0.717, 1.165) is 34.5 Å².